The smallest absolute Gasteiger partial charge is 0.215 e. The number of ether oxygens (including phenoxy) is 1. The van der Waals surface area contributed by atoms with Gasteiger partial charge in [-0.3, -0.25) is 0 Å². The fourth-order valence-electron chi connectivity index (χ4n) is 1.73. The third kappa shape index (κ3) is 8.16. The molecular weight excluding hydrogens is 288 g/mol. The molecule has 0 aliphatic carbocycles. The van der Waals surface area contributed by atoms with Crippen LogP contribution in [0.15, 0.2) is 24.3 Å². The Morgan fingerprint density at radius 2 is 1.76 bits per heavy atom. The van der Waals surface area contributed by atoms with Gasteiger partial charge in [0.25, 0.3) is 0 Å². The van der Waals surface area contributed by atoms with E-state index in [0.717, 1.165) is 17.5 Å². The highest BCUT2D eigenvalue weighted by atomic mass is 32.2. The van der Waals surface area contributed by atoms with Crippen LogP contribution in [0.4, 0.5) is 0 Å². The van der Waals surface area contributed by atoms with Crippen molar-refractivity contribution in [3.8, 4) is 0 Å². The summed E-state index contributed by atoms with van der Waals surface area (Å²) in [5, 5.41) is 0. The van der Waals surface area contributed by atoms with Crippen LogP contribution >= 0.6 is 0 Å². The van der Waals surface area contributed by atoms with Gasteiger partial charge in [0, 0.05) is 19.7 Å². The van der Waals surface area contributed by atoms with E-state index in [0.29, 0.717) is 32.2 Å². The number of hydrogen-bond donors (Lipinski definition) is 2. The maximum absolute atomic E-state index is 11.9. The molecule has 0 amide bonds. The van der Waals surface area contributed by atoms with Crippen LogP contribution in [0.5, 0.6) is 0 Å². The van der Waals surface area contributed by atoms with Gasteiger partial charge in [0.15, 0.2) is 0 Å². The fraction of sp³-hybridized carbons (Fsp3) is 0.600. The molecule has 1 rings (SSSR count). The number of sulfonamides is 1. The summed E-state index contributed by atoms with van der Waals surface area (Å²) >= 11 is 0. The quantitative estimate of drug-likeness (QED) is 0.643. The first-order valence-electron chi connectivity index (χ1n) is 7.26. The lowest BCUT2D eigenvalue weighted by atomic mass is 10.1. The first-order valence-corrected chi connectivity index (χ1v) is 8.91. The third-order valence-corrected chi connectivity index (χ3v) is 4.38. The van der Waals surface area contributed by atoms with E-state index in [1.165, 1.54) is 0 Å². The highest BCUT2D eigenvalue weighted by Crippen LogP contribution is 2.07. The van der Waals surface area contributed by atoms with E-state index in [4.69, 9.17) is 10.5 Å². The van der Waals surface area contributed by atoms with Crippen molar-refractivity contribution in [1.29, 1.82) is 0 Å². The van der Waals surface area contributed by atoms with Crippen molar-refractivity contribution in [2.75, 3.05) is 19.8 Å². The molecule has 120 valence electrons. The van der Waals surface area contributed by atoms with Gasteiger partial charge < -0.3 is 10.5 Å². The Bertz CT molecular complexity index is 498. The van der Waals surface area contributed by atoms with Crippen molar-refractivity contribution in [2.45, 2.75) is 32.6 Å². The summed E-state index contributed by atoms with van der Waals surface area (Å²) in [4.78, 5) is 0. The molecule has 21 heavy (non-hydrogen) atoms. The summed E-state index contributed by atoms with van der Waals surface area (Å²) in [5.74, 6) is 0.572. The van der Waals surface area contributed by atoms with Crippen molar-refractivity contribution in [3.63, 3.8) is 0 Å². The Kier molecular flexibility index (Phi) is 7.88. The molecule has 0 unspecified atom stereocenters. The minimum Gasteiger partial charge on any atom is -0.380 e. The van der Waals surface area contributed by atoms with E-state index in [1.807, 2.05) is 12.1 Å². The Morgan fingerprint density at radius 3 is 2.33 bits per heavy atom. The van der Waals surface area contributed by atoms with Crippen molar-refractivity contribution in [2.24, 2.45) is 11.7 Å². The summed E-state index contributed by atoms with van der Waals surface area (Å²) in [5.41, 5.74) is 7.25. The highest BCUT2D eigenvalue weighted by Gasteiger charge is 2.10. The molecule has 0 heterocycles. The minimum atomic E-state index is -3.32. The summed E-state index contributed by atoms with van der Waals surface area (Å²) in [6.45, 7) is 6.09. The molecule has 0 aliphatic heterocycles. The van der Waals surface area contributed by atoms with Gasteiger partial charge in [0.05, 0.1) is 12.4 Å². The second kappa shape index (κ2) is 9.15. The number of benzene rings is 1. The molecule has 0 atom stereocenters. The van der Waals surface area contributed by atoms with Crippen LogP contribution in [0, 0.1) is 5.92 Å². The first kappa shape index (κ1) is 18.1. The Labute approximate surface area is 127 Å². The first-order chi connectivity index (χ1) is 9.93. The van der Waals surface area contributed by atoms with Crippen LogP contribution in [0.3, 0.4) is 0 Å². The molecule has 0 aromatic heterocycles. The molecule has 0 spiro atoms. The van der Waals surface area contributed by atoms with Crippen LogP contribution in [0.25, 0.3) is 0 Å². The van der Waals surface area contributed by atoms with Crippen LogP contribution < -0.4 is 10.5 Å². The van der Waals surface area contributed by atoms with Gasteiger partial charge in [0.2, 0.25) is 10.0 Å². The molecule has 0 bridgehead atoms. The molecule has 1 aromatic rings. The van der Waals surface area contributed by atoms with Crippen LogP contribution in [-0.2, 0) is 27.1 Å². The zero-order valence-electron chi connectivity index (χ0n) is 12.8. The number of nitrogens with one attached hydrogen (secondary N) is 1. The van der Waals surface area contributed by atoms with E-state index in [9.17, 15) is 8.42 Å². The van der Waals surface area contributed by atoms with Crippen molar-refractivity contribution >= 4 is 10.0 Å². The van der Waals surface area contributed by atoms with Crippen molar-refractivity contribution in [3.05, 3.63) is 35.4 Å². The Morgan fingerprint density at radius 1 is 1.14 bits per heavy atom. The van der Waals surface area contributed by atoms with E-state index in [-0.39, 0.29) is 5.75 Å². The van der Waals surface area contributed by atoms with E-state index in [1.54, 1.807) is 12.1 Å². The van der Waals surface area contributed by atoms with Crippen LogP contribution in [0.2, 0.25) is 0 Å². The molecule has 5 nitrogen and oxygen atoms in total. The predicted molar refractivity (Wildman–Crippen MR) is 85.2 cm³/mol. The zero-order chi connectivity index (χ0) is 15.7. The van der Waals surface area contributed by atoms with E-state index in [2.05, 4.69) is 18.6 Å². The lowest BCUT2D eigenvalue weighted by Gasteiger charge is -2.09. The second-order valence-corrected chi connectivity index (χ2v) is 7.28. The Balaban J connectivity index is 2.29. The molecule has 0 saturated heterocycles. The molecule has 0 saturated carbocycles. The van der Waals surface area contributed by atoms with Gasteiger partial charge in [-0.2, -0.15) is 0 Å². The summed E-state index contributed by atoms with van der Waals surface area (Å²) in [6, 6.07) is 7.28. The maximum atomic E-state index is 11.9. The lowest BCUT2D eigenvalue weighted by Crippen LogP contribution is -2.28. The maximum Gasteiger partial charge on any atom is 0.215 e. The molecule has 0 aliphatic rings. The van der Waals surface area contributed by atoms with Gasteiger partial charge in [-0.25, -0.2) is 13.1 Å². The topological polar surface area (TPSA) is 81.4 Å². The molecular formula is C15H26N2O3S. The fourth-order valence-corrected chi connectivity index (χ4v) is 2.86. The number of nitrogens with two attached hydrogens (primary N) is 1. The van der Waals surface area contributed by atoms with Gasteiger partial charge in [0.1, 0.15) is 0 Å². The standard InChI is InChI=1S/C15H26N2O3S/c1-13(2)7-9-20-10-8-17-21(18,19)12-15-5-3-14(11-16)4-6-15/h3-6,13,17H,7-12,16H2,1-2H3. The highest BCUT2D eigenvalue weighted by molar-refractivity contribution is 7.88. The van der Waals surface area contributed by atoms with Crippen LogP contribution in [-0.4, -0.2) is 28.2 Å². The molecule has 0 fully saturated rings. The largest absolute Gasteiger partial charge is 0.380 e. The number of hydrogen-bond acceptors (Lipinski definition) is 4. The minimum absolute atomic E-state index is 0.0240. The number of rotatable bonds is 10. The van der Waals surface area contributed by atoms with E-state index >= 15 is 0 Å². The zero-order valence-corrected chi connectivity index (χ0v) is 13.7. The second-order valence-electron chi connectivity index (χ2n) is 5.47. The van der Waals surface area contributed by atoms with Gasteiger partial charge in [-0.05, 0) is 23.5 Å². The van der Waals surface area contributed by atoms with Gasteiger partial charge in [-0.15, -0.1) is 0 Å². The summed E-state index contributed by atoms with van der Waals surface area (Å²) in [6.07, 6.45) is 0.986. The molecule has 1 aromatic carbocycles. The SMILES string of the molecule is CC(C)CCOCCNS(=O)(=O)Cc1ccc(CN)cc1. The molecule has 0 radical (unpaired) electrons. The lowest BCUT2D eigenvalue weighted by molar-refractivity contribution is 0.128. The van der Waals surface area contributed by atoms with Gasteiger partial charge >= 0.3 is 0 Å². The monoisotopic (exact) mass is 314 g/mol. The molecule has 3 N–H and O–H groups in total. The average Bonchev–Trinajstić information content (AvgIpc) is 2.43. The van der Waals surface area contributed by atoms with Crippen LogP contribution in [0.1, 0.15) is 31.4 Å². The average molecular weight is 314 g/mol. The van der Waals surface area contributed by atoms with Crippen molar-refractivity contribution < 1.29 is 13.2 Å². The van der Waals surface area contributed by atoms with Crippen molar-refractivity contribution in [1.82, 2.24) is 4.72 Å². The van der Waals surface area contributed by atoms with Gasteiger partial charge in [-0.1, -0.05) is 38.1 Å². The molecule has 6 heteroatoms. The summed E-state index contributed by atoms with van der Waals surface area (Å²) < 4.78 is 31.7. The normalized spacial score (nSPS) is 12.0. The van der Waals surface area contributed by atoms with E-state index < -0.39 is 10.0 Å². The summed E-state index contributed by atoms with van der Waals surface area (Å²) in [7, 11) is -3.32. The third-order valence-electron chi connectivity index (χ3n) is 3.02. The Hall–Kier alpha value is -0.950. The predicted octanol–water partition coefficient (Wildman–Crippen LogP) is 1.63.